The maximum absolute atomic E-state index is 13.3. The molecule has 0 aliphatic rings. The molecule has 1 aromatic carbocycles. The van der Waals surface area contributed by atoms with Gasteiger partial charge in [-0.3, -0.25) is 9.59 Å². The number of thiazole rings is 1. The number of hydrogen-bond donors (Lipinski definition) is 3. The quantitative estimate of drug-likeness (QED) is 0.429. The van der Waals surface area contributed by atoms with E-state index in [0.717, 1.165) is 23.1 Å². The minimum absolute atomic E-state index is 0.0520. The number of nitrogens with zero attached hydrogens (tertiary/aromatic N) is 1. The van der Waals surface area contributed by atoms with Crippen molar-refractivity contribution in [3.63, 3.8) is 0 Å². The van der Waals surface area contributed by atoms with Gasteiger partial charge < -0.3 is 20.7 Å². The number of benzene rings is 1. The van der Waals surface area contributed by atoms with Crippen LogP contribution in [0.1, 0.15) is 43.2 Å². The molecule has 2 amide bonds. The Bertz CT molecular complexity index is 858. The molecule has 170 valence electrons. The van der Waals surface area contributed by atoms with Gasteiger partial charge in [-0.15, -0.1) is 11.3 Å². The summed E-state index contributed by atoms with van der Waals surface area (Å²) in [5.41, 5.74) is 0.199. The van der Waals surface area contributed by atoms with E-state index in [9.17, 15) is 18.4 Å². The summed E-state index contributed by atoms with van der Waals surface area (Å²) in [5.74, 6) is -2.39. The van der Waals surface area contributed by atoms with Gasteiger partial charge in [0, 0.05) is 36.8 Å². The Balaban J connectivity index is 1.95. The number of hydrogen-bond acceptors (Lipinski definition) is 6. The number of halogens is 2. The summed E-state index contributed by atoms with van der Waals surface area (Å²) < 4.78 is 31.7. The molecule has 2 unspecified atom stereocenters. The van der Waals surface area contributed by atoms with Crippen molar-refractivity contribution < 1.29 is 23.1 Å². The van der Waals surface area contributed by atoms with Gasteiger partial charge in [0.05, 0.1) is 13.0 Å². The van der Waals surface area contributed by atoms with Crippen molar-refractivity contribution in [1.29, 1.82) is 0 Å². The average molecular weight is 455 g/mol. The standard InChI is InChI=1S/C21H28F2N4O3S/c1-4-5-17(26-19(28)10-14-8-15(22)11-16(23)9-14)20(29)27-21-25-12-18(31-21)13(2)24-6-7-30-3/h8-9,11-13,17,24H,4-7,10H2,1-3H3,(H,26,28)(H,25,27,29). The van der Waals surface area contributed by atoms with E-state index in [4.69, 9.17) is 4.74 Å². The van der Waals surface area contributed by atoms with Gasteiger partial charge in [0.2, 0.25) is 11.8 Å². The number of aromatic nitrogens is 1. The van der Waals surface area contributed by atoms with E-state index in [0.29, 0.717) is 31.1 Å². The third-order valence-electron chi connectivity index (χ3n) is 4.45. The number of nitrogens with one attached hydrogen (secondary N) is 3. The Labute approximate surface area is 184 Å². The predicted molar refractivity (Wildman–Crippen MR) is 116 cm³/mol. The van der Waals surface area contributed by atoms with Crippen molar-refractivity contribution in [2.24, 2.45) is 0 Å². The molecule has 0 bridgehead atoms. The van der Waals surface area contributed by atoms with E-state index in [2.05, 4.69) is 20.9 Å². The summed E-state index contributed by atoms with van der Waals surface area (Å²) in [4.78, 5) is 30.2. The first-order valence-corrected chi connectivity index (χ1v) is 10.9. The largest absolute Gasteiger partial charge is 0.383 e. The van der Waals surface area contributed by atoms with Crippen LogP contribution in [0.5, 0.6) is 0 Å². The monoisotopic (exact) mass is 454 g/mol. The van der Waals surface area contributed by atoms with Gasteiger partial charge in [0.1, 0.15) is 17.7 Å². The minimum Gasteiger partial charge on any atom is -0.383 e. The molecule has 3 N–H and O–H groups in total. The van der Waals surface area contributed by atoms with Crippen molar-refractivity contribution in [1.82, 2.24) is 15.6 Å². The van der Waals surface area contributed by atoms with Gasteiger partial charge >= 0.3 is 0 Å². The Kier molecular flexibility index (Phi) is 9.96. The SMILES string of the molecule is CCCC(NC(=O)Cc1cc(F)cc(F)c1)C(=O)Nc1ncc(C(C)NCCOC)s1. The second-order valence-corrected chi connectivity index (χ2v) is 8.15. The summed E-state index contributed by atoms with van der Waals surface area (Å²) in [7, 11) is 1.63. The van der Waals surface area contributed by atoms with Crippen LogP contribution < -0.4 is 16.0 Å². The Morgan fingerprint density at radius 3 is 2.58 bits per heavy atom. The molecule has 0 saturated carbocycles. The molecule has 7 nitrogen and oxygen atoms in total. The molecule has 31 heavy (non-hydrogen) atoms. The lowest BCUT2D eigenvalue weighted by Gasteiger charge is -2.17. The molecule has 0 saturated heterocycles. The first-order valence-electron chi connectivity index (χ1n) is 10.1. The summed E-state index contributed by atoms with van der Waals surface area (Å²) in [6.07, 6.45) is 2.55. The van der Waals surface area contributed by atoms with Crippen LogP contribution in [0.25, 0.3) is 0 Å². The normalized spacial score (nSPS) is 12.9. The zero-order valence-corrected chi connectivity index (χ0v) is 18.7. The van der Waals surface area contributed by atoms with Gasteiger partial charge in [0.15, 0.2) is 5.13 Å². The van der Waals surface area contributed by atoms with Crippen LogP contribution in [0.2, 0.25) is 0 Å². The first kappa shape index (κ1) is 24.8. The molecule has 0 aliphatic heterocycles. The molecular formula is C21H28F2N4O3S. The highest BCUT2D eigenvalue weighted by Gasteiger charge is 2.22. The van der Waals surface area contributed by atoms with Crippen LogP contribution >= 0.6 is 11.3 Å². The number of carbonyl (C=O) groups excluding carboxylic acids is 2. The summed E-state index contributed by atoms with van der Waals surface area (Å²) in [6.45, 7) is 5.16. The number of amides is 2. The highest BCUT2D eigenvalue weighted by molar-refractivity contribution is 7.15. The van der Waals surface area contributed by atoms with E-state index in [1.807, 2.05) is 13.8 Å². The molecule has 10 heteroatoms. The molecular weight excluding hydrogens is 426 g/mol. The van der Waals surface area contributed by atoms with Crippen molar-refractivity contribution >= 4 is 28.3 Å². The van der Waals surface area contributed by atoms with E-state index < -0.39 is 23.6 Å². The summed E-state index contributed by atoms with van der Waals surface area (Å²) >= 11 is 1.35. The average Bonchev–Trinajstić information content (AvgIpc) is 3.15. The van der Waals surface area contributed by atoms with E-state index >= 15 is 0 Å². The third kappa shape index (κ3) is 8.31. The van der Waals surface area contributed by atoms with E-state index in [1.165, 1.54) is 11.3 Å². The van der Waals surface area contributed by atoms with Crippen LogP contribution in [0, 0.1) is 11.6 Å². The molecule has 0 spiro atoms. The van der Waals surface area contributed by atoms with Gasteiger partial charge in [-0.05, 0) is 31.0 Å². The van der Waals surface area contributed by atoms with Crippen molar-refractivity contribution in [2.75, 3.05) is 25.6 Å². The van der Waals surface area contributed by atoms with Crippen LogP contribution in [0.3, 0.4) is 0 Å². The predicted octanol–water partition coefficient (Wildman–Crippen LogP) is 3.18. The lowest BCUT2D eigenvalue weighted by atomic mass is 10.1. The number of anilines is 1. The fourth-order valence-electron chi connectivity index (χ4n) is 2.92. The van der Waals surface area contributed by atoms with Gasteiger partial charge in [0.25, 0.3) is 0 Å². The van der Waals surface area contributed by atoms with Crippen LogP contribution in [0.4, 0.5) is 13.9 Å². The smallest absolute Gasteiger partial charge is 0.248 e. The van der Waals surface area contributed by atoms with Crippen molar-refractivity contribution in [3.05, 3.63) is 46.5 Å². The molecule has 1 aromatic heterocycles. The molecule has 2 atom stereocenters. The highest BCUT2D eigenvalue weighted by Crippen LogP contribution is 2.24. The van der Waals surface area contributed by atoms with E-state index in [-0.39, 0.29) is 23.9 Å². The Morgan fingerprint density at radius 1 is 1.23 bits per heavy atom. The zero-order valence-electron chi connectivity index (χ0n) is 17.8. The molecule has 0 aliphatic carbocycles. The number of methoxy groups -OCH3 is 1. The second kappa shape index (κ2) is 12.4. The Morgan fingerprint density at radius 2 is 1.94 bits per heavy atom. The molecule has 0 radical (unpaired) electrons. The van der Waals surface area contributed by atoms with Crippen LogP contribution in [-0.2, 0) is 20.7 Å². The molecule has 1 heterocycles. The molecule has 0 fully saturated rings. The maximum Gasteiger partial charge on any atom is 0.248 e. The first-order chi connectivity index (χ1) is 14.8. The number of ether oxygens (including phenoxy) is 1. The summed E-state index contributed by atoms with van der Waals surface area (Å²) in [6, 6.07) is 2.20. The van der Waals surface area contributed by atoms with Crippen molar-refractivity contribution in [3.8, 4) is 0 Å². The molecule has 2 aromatic rings. The van der Waals surface area contributed by atoms with Crippen LogP contribution in [-0.4, -0.2) is 43.1 Å². The minimum atomic E-state index is -0.777. The van der Waals surface area contributed by atoms with Crippen molar-refractivity contribution in [2.45, 2.75) is 45.2 Å². The lowest BCUT2D eigenvalue weighted by molar-refractivity contribution is -0.126. The maximum atomic E-state index is 13.3. The van der Waals surface area contributed by atoms with Crippen LogP contribution in [0.15, 0.2) is 24.4 Å². The molecule has 2 rings (SSSR count). The lowest BCUT2D eigenvalue weighted by Crippen LogP contribution is -2.44. The van der Waals surface area contributed by atoms with Gasteiger partial charge in [-0.1, -0.05) is 13.3 Å². The van der Waals surface area contributed by atoms with Gasteiger partial charge in [-0.2, -0.15) is 0 Å². The second-order valence-electron chi connectivity index (χ2n) is 7.09. The van der Waals surface area contributed by atoms with Gasteiger partial charge in [-0.25, -0.2) is 13.8 Å². The zero-order chi connectivity index (χ0) is 22.8. The fourth-order valence-corrected chi connectivity index (χ4v) is 3.76. The highest BCUT2D eigenvalue weighted by atomic mass is 32.1. The number of carbonyl (C=O) groups is 2. The third-order valence-corrected chi connectivity index (χ3v) is 5.55. The fraction of sp³-hybridized carbons (Fsp3) is 0.476. The topological polar surface area (TPSA) is 92.4 Å². The number of rotatable bonds is 12. The van der Waals surface area contributed by atoms with E-state index in [1.54, 1.807) is 13.3 Å². The Hall–Kier alpha value is -2.43. The summed E-state index contributed by atoms with van der Waals surface area (Å²) in [5, 5.41) is 9.10.